The maximum Gasteiger partial charge on any atom is 0.394 e. The molecule has 21 heteroatoms. The number of aryl methyl sites for hydroxylation is 2. The number of β-amino-alcohol motifs (C(OH)–C–C–N with tert-alkyl or cyclic N) is 1. The van der Waals surface area contributed by atoms with E-state index in [2.05, 4.69) is 250 Å². The van der Waals surface area contributed by atoms with Crippen LogP contribution in [0.4, 0.5) is 0 Å². The third-order valence-corrected chi connectivity index (χ3v) is 20.4. The Kier molecular flexibility index (Phi) is 59.1. The summed E-state index contributed by atoms with van der Waals surface area (Å²) in [6.07, 6.45) is 4.55. The van der Waals surface area contributed by atoms with Crippen molar-refractivity contribution >= 4 is 63.5 Å². The van der Waals surface area contributed by atoms with Crippen LogP contribution in [0.5, 0.6) is 0 Å². The summed E-state index contributed by atoms with van der Waals surface area (Å²) in [5.74, 6) is 0.571. The Morgan fingerprint density at radius 2 is 0.641 bits per heavy atom. The number of likely N-dealkylation sites (tertiary alicyclic amines) is 5. The van der Waals surface area contributed by atoms with Crippen molar-refractivity contribution < 1.29 is 37.0 Å². The third kappa shape index (κ3) is 47.4. The first-order chi connectivity index (χ1) is 58.5. The molecule has 5 aliphatic rings. The quantitative estimate of drug-likeness (QED) is 0.0412. The predicted octanol–water partition coefficient (Wildman–Crippen LogP) is 22.5. The minimum absolute atomic E-state index is 0. The lowest BCUT2D eigenvalue weighted by Crippen LogP contribution is -2.47. The fourth-order valence-corrected chi connectivity index (χ4v) is 14.7. The van der Waals surface area contributed by atoms with E-state index < -0.39 is 16.0 Å². The number of halogens is 3. The van der Waals surface area contributed by atoms with E-state index in [1.165, 1.54) is 76.4 Å². The molecule has 0 radical (unpaired) electrons. The van der Waals surface area contributed by atoms with Gasteiger partial charge in [-0.25, -0.2) is 0 Å². The van der Waals surface area contributed by atoms with Crippen LogP contribution < -0.4 is 16.8 Å². The number of nitrogens with zero attached hydrogens (tertiary/aromatic N) is 6. The smallest absolute Gasteiger partial charge is 0.384 e. The largest absolute Gasteiger partial charge is 0.394 e. The van der Waals surface area contributed by atoms with Gasteiger partial charge in [-0.15, -0.1) is 35.6 Å². The first-order valence-corrected chi connectivity index (χ1v) is 43.7. The zero-order valence-corrected chi connectivity index (χ0v) is 75.4. The summed E-state index contributed by atoms with van der Waals surface area (Å²) >= 11 is 10.1. The Morgan fingerprint density at radius 3 is 0.898 bits per heavy atom. The molecule has 5 heterocycles. The van der Waals surface area contributed by atoms with Crippen LogP contribution in [0, 0.1) is 25.2 Å². The van der Waals surface area contributed by atoms with Gasteiger partial charge in [-0.1, -0.05) is 382 Å². The molecular weight excluding hydrogens is 1680 g/mol. The Bertz CT molecular complexity index is 4560. The van der Waals surface area contributed by atoms with Crippen molar-refractivity contribution in [3.8, 4) is 6.07 Å². The molecule has 16 rings (SSSR count). The molecule has 0 aromatic heterocycles. The van der Waals surface area contributed by atoms with Gasteiger partial charge in [0.25, 0.3) is 0 Å². The van der Waals surface area contributed by atoms with Crippen molar-refractivity contribution in [3.63, 3.8) is 0 Å². The van der Waals surface area contributed by atoms with Crippen LogP contribution in [0.1, 0.15) is 165 Å². The van der Waals surface area contributed by atoms with E-state index in [9.17, 15) is 19.5 Å². The number of ketones is 2. The molecule has 0 spiro atoms. The van der Waals surface area contributed by atoms with E-state index in [-0.39, 0.29) is 82.7 Å². The van der Waals surface area contributed by atoms with Gasteiger partial charge in [-0.3, -0.25) is 43.2 Å². The Labute approximate surface area is 785 Å². The normalized spacial score (nSPS) is 18.0. The van der Waals surface area contributed by atoms with Crippen molar-refractivity contribution in [2.45, 2.75) is 177 Å². The lowest BCUT2D eigenvalue weighted by atomic mass is 9.89. The Balaban J connectivity index is 0.00000145. The van der Waals surface area contributed by atoms with E-state index >= 15 is 0 Å². The lowest BCUT2D eigenvalue weighted by molar-refractivity contribution is -0.121. The summed E-state index contributed by atoms with van der Waals surface area (Å²) in [5.41, 5.74) is 25.9. The van der Waals surface area contributed by atoms with Gasteiger partial charge in [0.05, 0.1) is 29.2 Å². The topological polar surface area (TPSA) is 250 Å². The summed E-state index contributed by atoms with van der Waals surface area (Å²) < 4.78 is 31.6. The van der Waals surface area contributed by atoms with Crippen LogP contribution in [-0.2, 0) is 79.7 Å². The van der Waals surface area contributed by atoms with Crippen LogP contribution in [-0.4, -0.2) is 135 Å². The van der Waals surface area contributed by atoms with Crippen LogP contribution >= 0.6 is 35.6 Å². The lowest BCUT2D eigenvalue weighted by Gasteiger charge is -2.31. The summed E-state index contributed by atoms with van der Waals surface area (Å²) in [4.78, 5) is 43.8. The van der Waals surface area contributed by atoms with Crippen LogP contribution in [0.3, 0.4) is 0 Å². The van der Waals surface area contributed by atoms with Gasteiger partial charge >= 0.3 is 10.4 Å². The number of aliphatic hydroxyl groups is 1. The van der Waals surface area contributed by atoms with Gasteiger partial charge in [-0.2, -0.15) is 13.7 Å². The van der Waals surface area contributed by atoms with Crippen molar-refractivity contribution in [1.82, 2.24) is 29.8 Å². The highest BCUT2D eigenvalue weighted by Crippen LogP contribution is 2.36. The zero-order chi connectivity index (χ0) is 88.5. The highest BCUT2D eigenvalue weighted by molar-refractivity contribution is 7.79. The number of nitrogens with two attached hydrogens (primary N) is 2. The second kappa shape index (κ2) is 64.0. The molecule has 5 aliphatic heterocycles. The Hall–Kier alpha value is -9.86. The number of nitrogens with one attached hydrogen (secondary N) is 1. The van der Waals surface area contributed by atoms with Gasteiger partial charge in [-0.05, 0) is 110 Å². The monoisotopic (exact) mass is 1820 g/mol. The molecule has 4 unspecified atom stereocenters. The Morgan fingerprint density at radius 1 is 0.414 bits per heavy atom. The fourth-order valence-electron chi connectivity index (χ4n) is 14.7. The average Bonchev–Trinajstić information content (AvgIpc) is 2.00. The molecule has 1 amide bonds. The maximum absolute atomic E-state index is 11.7. The van der Waals surface area contributed by atoms with Crippen molar-refractivity contribution in [2.24, 2.45) is 11.5 Å². The van der Waals surface area contributed by atoms with E-state index in [0.29, 0.717) is 18.9 Å². The standard InChI is InChI=1S/C19H22N2O.2C17H20N2.C17H19NO.C11H13NO.2C7H8.C3H6O.C2H4Cl2.C2H3N.5CH4.ClH.H2O4S/c1-16(22)20-19(18-10-6-3-7-11-18)12-13-21(15-19)14-17-8-4-2-5-9-17;2*18-17(16-9-5-2-6-10-16)11-12-19(14-17)13-15-7-3-1-4-8-15;19-17(16-9-5-2-6-10-16)11-12-18(14-17)13-15-7-3-1-4-8-15;13-11-6-7-12(9-11)8-10-4-2-1-3-5-10;2*1-7-5-3-2-4-6-7;1-3(2)4;1-2(3)4;1-2-3;;;;;;;1-5(2,3)4/h2-11H,12-15H2,1H3,(H,20,22);2*1-10H,11-14,18H2;1-10,19H,11-14H2;1-5H,6-9H2;2*2-6H,1H3;1-2H3;2H,1H3;1H3;5*1H4;1H;(H2,1,2,3,4). The van der Waals surface area contributed by atoms with Gasteiger partial charge in [0.2, 0.25) is 5.91 Å². The maximum atomic E-state index is 11.7. The summed E-state index contributed by atoms with van der Waals surface area (Å²) in [6, 6.07) is 116. The minimum atomic E-state index is -4.67. The average molecular weight is 1820 g/mol. The van der Waals surface area contributed by atoms with Crippen LogP contribution in [0.25, 0.3) is 0 Å². The predicted molar refractivity (Wildman–Crippen MR) is 540 cm³/mol. The molecule has 5 fully saturated rings. The fraction of sp³-hybridized carbons (Fsp3) is 0.346. The summed E-state index contributed by atoms with van der Waals surface area (Å²) in [7, 11) is -4.67. The van der Waals surface area contributed by atoms with Gasteiger partial charge < -0.3 is 26.7 Å². The van der Waals surface area contributed by atoms with Crippen LogP contribution in [0.15, 0.2) is 334 Å². The SMILES string of the molecule is C.C.C.C.C.CC#N.CC(=O)NC1(c2ccccc2)CCN(Cc2ccccc2)C1.CC(C)=O.CC(Cl)Cl.Cc1ccccc1.Cc1ccccc1.Cl.NC1(c2ccccc2)CCN(Cc2ccccc2)C1.NC1(c2ccccc2)CCN(Cc2ccccc2)C1.O=C1CCN(Cc2ccccc2)C1.O=S(=O)(O)O.OC1(c2ccccc2)CCN(Cc2ccccc2)C1. The number of Topliss-reactive ketones (excluding diaryl/α,β-unsaturated/α-hetero) is 2. The third-order valence-electron chi connectivity index (χ3n) is 20.4. The highest BCUT2D eigenvalue weighted by Gasteiger charge is 2.41. The van der Waals surface area contributed by atoms with Gasteiger partial charge in [0.15, 0.2) is 0 Å². The van der Waals surface area contributed by atoms with Gasteiger partial charge in [0, 0.05) is 112 Å². The van der Waals surface area contributed by atoms with Crippen molar-refractivity contribution in [1.29, 1.82) is 5.26 Å². The minimum Gasteiger partial charge on any atom is -0.384 e. The molecule has 0 bridgehead atoms. The van der Waals surface area contributed by atoms with E-state index in [4.69, 9.17) is 57.5 Å². The number of nitriles is 1. The molecule has 0 aliphatic carbocycles. The van der Waals surface area contributed by atoms with Gasteiger partial charge in [0.1, 0.15) is 22.0 Å². The highest BCUT2D eigenvalue weighted by atomic mass is 35.5. The zero-order valence-electron chi connectivity index (χ0n) is 72.3. The summed E-state index contributed by atoms with van der Waals surface area (Å²) in [6.45, 7) is 25.8. The number of hydrogen-bond donors (Lipinski definition) is 6. The van der Waals surface area contributed by atoms with Crippen molar-refractivity contribution in [2.75, 3.05) is 65.4 Å². The number of alkyl halides is 2. The number of carbonyl (C=O) groups is 3. The molecule has 11 aromatic carbocycles. The van der Waals surface area contributed by atoms with Crippen LogP contribution in [0.2, 0.25) is 0 Å². The second-order valence-electron chi connectivity index (χ2n) is 31.2. The number of hydrogen-bond acceptors (Lipinski definition) is 14. The molecule has 0 saturated carbocycles. The van der Waals surface area contributed by atoms with E-state index in [1.807, 2.05) is 127 Å². The molecule has 8 N–H and O–H groups in total. The first-order valence-electron chi connectivity index (χ1n) is 41.4. The molecule has 128 heavy (non-hydrogen) atoms. The number of carbonyl (C=O) groups excluding carboxylic acids is 3. The molecule has 17 nitrogen and oxygen atoms in total. The molecule has 4 atom stereocenters. The molecular formula is C107H146Cl3N9O8S. The van der Waals surface area contributed by atoms with Crippen molar-refractivity contribution in [3.05, 3.63) is 395 Å². The number of amides is 1. The second-order valence-corrected chi connectivity index (χ2v) is 33.7. The number of benzene rings is 11. The molecule has 5 saturated heterocycles. The molecule has 11 aromatic rings. The summed E-state index contributed by atoms with van der Waals surface area (Å²) in [5, 5.41) is 21.3. The number of rotatable bonds is 15. The van der Waals surface area contributed by atoms with E-state index in [0.717, 1.165) is 123 Å². The molecule has 694 valence electrons. The first kappa shape index (κ1) is 118. The van der Waals surface area contributed by atoms with E-state index in [1.54, 1.807) is 19.9 Å².